The fraction of sp³-hybridized carbons (Fsp3) is 0.515. The van der Waals surface area contributed by atoms with Gasteiger partial charge < -0.3 is 30.1 Å². The first-order valence-electron chi connectivity index (χ1n) is 15.7. The summed E-state index contributed by atoms with van der Waals surface area (Å²) in [6, 6.07) is 15.0. The molecular formula is C33H43BN4O7. The topological polar surface area (TPSA) is 144 Å². The number of hydrogen-bond acceptors (Lipinski definition) is 7. The third-order valence-electron chi connectivity index (χ3n) is 9.70. The first-order valence-corrected chi connectivity index (χ1v) is 15.7. The molecule has 0 radical (unpaired) electrons. The molecule has 3 aliphatic carbocycles. The Balaban J connectivity index is 1.07. The number of carbonyl (C=O) groups is 4. The second kappa shape index (κ2) is 13.2. The molecule has 11 nitrogen and oxygen atoms in total. The highest BCUT2D eigenvalue weighted by Crippen LogP contribution is 2.65. The molecule has 1 unspecified atom stereocenters. The van der Waals surface area contributed by atoms with E-state index < -0.39 is 25.0 Å². The van der Waals surface area contributed by atoms with Crippen molar-refractivity contribution in [3.05, 3.63) is 71.3 Å². The van der Waals surface area contributed by atoms with E-state index in [9.17, 15) is 19.2 Å². The van der Waals surface area contributed by atoms with Crippen LogP contribution >= 0.6 is 0 Å². The quantitative estimate of drug-likeness (QED) is 0.234. The van der Waals surface area contributed by atoms with E-state index in [4.69, 9.17) is 14.1 Å². The summed E-state index contributed by atoms with van der Waals surface area (Å²) in [4.78, 5) is 54.7. The van der Waals surface area contributed by atoms with E-state index in [1.807, 2.05) is 30.3 Å². The predicted octanol–water partition coefficient (Wildman–Crippen LogP) is 3.79. The van der Waals surface area contributed by atoms with E-state index in [0.29, 0.717) is 24.2 Å². The second-order valence-electron chi connectivity index (χ2n) is 13.6. The lowest BCUT2D eigenvalue weighted by Gasteiger charge is -2.64. The van der Waals surface area contributed by atoms with Crippen molar-refractivity contribution < 1.29 is 33.3 Å². The van der Waals surface area contributed by atoms with Crippen LogP contribution in [-0.4, -0.2) is 55.1 Å². The summed E-state index contributed by atoms with van der Waals surface area (Å²) in [6.07, 6.45) is 1.99. The maximum atomic E-state index is 13.0. The van der Waals surface area contributed by atoms with Gasteiger partial charge in [-0.2, -0.15) is 5.48 Å². The number of carbonyl (C=O) groups excluding carboxylic acids is 4. The standard InChI is InChI=1S/C33H43BN4O7/c1-20(2)15-27(34-43-26-17-24-16-25(32(24,3)4)33(26,5)45-34)37-28(39)19-35-29(40)22-11-13-23(14-12-22)30(41)38-44-31(42)36-18-21-9-7-6-8-10-21/h6-14,20,24-27H,15-19H2,1-5H3,(H,35,40)(H,36,42)(H,37,39)(H,38,41)/t24-,25-,26?,27+,33-/m1/s1. The molecule has 3 saturated carbocycles. The molecule has 4 fully saturated rings. The molecule has 1 aliphatic heterocycles. The largest absolute Gasteiger partial charge is 0.481 e. The van der Waals surface area contributed by atoms with E-state index in [-0.39, 0.29) is 53.2 Å². The highest BCUT2D eigenvalue weighted by atomic mass is 16.7. The van der Waals surface area contributed by atoms with Crippen LogP contribution in [0.2, 0.25) is 0 Å². The van der Waals surface area contributed by atoms with Crippen LogP contribution in [0.15, 0.2) is 54.6 Å². The second-order valence-corrected chi connectivity index (χ2v) is 13.6. The van der Waals surface area contributed by atoms with E-state index in [1.165, 1.54) is 24.3 Å². The van der Waals surface area contributed by atoms with Crippen LogP contribution in [0.5, 0.6) is 0 Å². The van der Waals surface area contributed by atoms with Crippen molar-refractivity contribution in [2.45, 2.75) is 78.1 Å². The summed E-state index contributed by atoms with van der Waals surface area (Å²) in [7, 11) is -0.546. The van der Waals surface area contributed by atoms with Gasteiger partial charge in [0, 0.05) is 17.7 Å². The minimum absolute atomic E-state index is 0.0129. The van der Waals surface area contributed by atoms with Crippen molar-refractivity contribution in [1.82, 2.24) is 21.4 Å². The molecule has 1 heterocycles. The number of hydroxylamine groups is 1. The van der Waals surface area contributed by atoms with Crippen LogP contribution in [0.1, 0.15) is 80.2 Å². The molecule has 0 aromatic heterocycles. The van der Waals surface area contributed by atoms with Crippen LogP contribution in [0.3, 0.4) is 0 Å². The zero-order valence-corrected chi connectivity index (χ0v) is 26.6. The maximum Gasteiger partial charge on any atom is 0.481 e. The fourth-order valence-electron chi connectivity index (χ4n) is 7.07. The molecule has 45 heavy (non-hydrogen) atoms. The molecule has 1 saturated heterocycles. The smallest absolute Gasteiger partial charge is 0.404 e. The van der Waals surface area contributed by atoms with Crippen LogP contribution in [0.25, 0.3) is 0 Å². The Morgan fingerprint density at radius 3 is 2.24 bits per heavy atom. The Morgan fingerprint density at radius 2 is 1.60 bits per heavy atom. The number of hydrogen-bond donors (Lipinski definition) is 4. The zero-order chi connectivity index (χ0) is 32.4. The molecule has 0 spiro atoms. The van der Waals surface area contributed by atoms with Crippen LogP contribution < -0.4 is 21.4 Å². The van der Waals surface area contributed by atoms with Gasteiger partial charge in [0.25, 0.3) is 11.8 Å². The van der Waals surface area contributed by atoms with E-state index in [2.05, 4.69) is 56.0 Å². The zero-order valence-electron chi connectivity index (χ0n) is 26.6. The Labute approximate surface area is 264 Å². The lowest BCUT2D eigenvalue weighted by atomic mass is 9.43. The molecule has 12 heteroatoms. The minimum atomic E-state index is -0.809. The van der Waals surface area contributed by atoms with Gasteiger partial charge in [-0.05, 0) is 79.2 Å². The first kappa shape index (κ1) is 32.5. The summed E-state index contributed by atoms with van der Waals surface area (Å²) >= 11 is 0. The monoisotopic (exact) mass is 618 g/mol. The summed E-state index contributed by atoms with van der Waals surface area (Å²) in [5, 5.41) is 8.20. The first-order chi connectivity index (χ1) is 21.4. The molecule has 5 atom stereocenters. The van der Waals surface area contributed by atoms with Crippen LogP contribution in [0.4, 0.5) is 4.79 Å². The normalized spacial score (nSPS) is 24.9. The third-order valence-corrected chi connectivity index (χ3v) is 9.70. The third kappa shape index (κ3) is 7.17. The number of benzene rings is 2. The van der Waals surface area contributed by atoms with Gasteiger partial charge in [0.15, 0.2) is 0 Å². The summed E-state index contributed by atoms with van der Waals surface area (Å²) in [6.45, 7) is 11.0. The highest BCUT2D eigenvalue weighted by Gasteiger charge is 2.68. The van der Waals surface area contributed by atoms with Crippen molar-refractivity contribution in [3.63, 3.8) is 0 Å². The Morgan fingerprint density at radius 1 is 0.933 bits per heavy atom. The number of nitrogens with one attached hydrogen (secondary N) is 4. The molecule has 2 bridgehead atoms. The van der Waals surface area contributed by atoms with E-state index in [1.54, 1.807) is 0 Å². The van der Waals surface area contributed by atoms with Crippen LogP contribution in [-0.2, 0) is 25.5 Å². The molecule has 2 aromatic rings. The van der Waals surface area contributed by atoms with Gasteiger partial charge in [0.05, 0.1) is 24.2 Å². The molecule has 2 aromatic carbocycles. The van der Waals surface area contributed by atoms with Crippen molar-refractivity contribution in [3.8, 4) is 0 Å². The number of rotatable bonds is 10. The Bertz CT molecular complexity index is 1400. The van der Waals surface area contributed by atoms with E-state index >= 15 is 0 Å². The SMILES string of the molecule is CC(C)C[C@H](NC(=O)CNC(=O)c1ccc(C(=O)NOC(=O)NCc2ccccc2)cc1)B1OC2C[C@H]3C[C@H](C3(C)C)[C@@]2(C)O1. The summed E-state index contributed by atoms with van der Waals surface area (Å²) in [5.41, 5.74) is 3.26. The van der Waals surface area contributed by atoms with Crippen molar-refractivity contribution in [1.29, 1.82) is 0 Å². The van der Waals surface area contributed by atoms with Crippen molar-refractivity contribution in [2.75, 3.05) is 6.54 Å². The summed E-state index contributed by atoms with van der Waals surface area (Å²) in [5.74, 6) is -0.474. The van der Waals surface area contributed by atoms with Gasteiger partial charge >= 0.3 is 13.2 Å². The lowest BCUT2D eigenvalue weighted by Crippen LogP contribution is -2.65. The average Bonchev–Trinajstić information content (AvgIpc) is 3.38. The lowest BCUT2D eigenvalue weighted by molar-refractivity contribution is -0.199. The number of amides is 4. The van der Waals surface area contributed by atoms with Crippen molar-refractivity contribution in [2.24, 2.45) is 23.2 Å². The fourth-order valence-corrected chi connectivity index (χ4v) is 7.07. The molecule has 4 N–H and O–H groups in total. The molecule has 4 aliphatic rings. The molecule has 6 rings (SSSR count). The maximum absolute atomic E-state index is 13.0. The van der Waals surface area contributed by atoms with Gasteiger partial charge in [0.2, 0.25) is 5.91 Å². The van der Waals surface area contributed by atoms with Gasteiger partial charge in [-0.25, -0.2) is 4.79 Å². The Kier molecular flexibility index (Phi) is 9.55. The molecule has 240 valence electrons. The van der Waals surface area contributed by atoms with Gasteiger partial charge in [0.1, 0.15) is 0 Å². The summed E-state index contributed by atoms with van der Waals surface area (Å²) < 4.78 is 13.0. The van der Waals surface area contributed by atoms with Gasteiger partial charge in [-0.3, -0.25) is 14.4 Å². The molecular weight excluding hydrogens is 575 g/mol. The van der Waals surface area contributed by atoms with E-state index in [0.717, 1.165) is 18.4 Å². The minimum Gasteiger partial charge on any atom is -0.404 e. The highest BCUT2D eigenvalue weighted by molar-refractivity contribution is 6.47. The van der Waals surface area contributed by atoms with Gasteiger partial charge in [-0.15, -0.1) is 0 Å². The molecule has 4 amide bonds. The van der Waals surface area contributed by atoms with Crippen molar-refractivity contribution >= 4 is 30.9 Å². The predicted molar refractivity (Wildman–Crippen MR) is 168 cm³/mol. The van der Waals surface area contributed by atoms with Crippen LogP contribution in [0, 0.1) is 23.2 Å². The van der Waals surface area contributed by atoms with Gasteiger partial charge in [-0.1, -0.05) is 58.0 Å². The average molecular weight is 619 g/mol. The Hall–Kier alpha value is -3.90.